The van der Waals surface area contributed by atoms with Crippen molar-refractivity contribution in [3.63, 3.8) is 0 Å². The predicted octanol–water partition coefficient (Wildman–Crippen LogP) is 0.873. The Kier molecular flexibility index (Phi) is 7.33. The summed E-state index contributed by atoms with van der Waals surface area (Å²) in [6, 6.07) is 1.62. The highest BCUT2D eigenvalue weighted by Crippen LogP contribution is 2.56. The summed E-state index contributed by atoms with van der Waals surface area (Å²) in [4.78, 5) is 56.9. The van der Waals surface area contributed by atoms with Crippen LogP contribution in [0.2, 0.25) is 0 Å². The normalized spacial score (nSPS) is 28.4. The lowest BCUT2D eigenvalue weighted by molar-refractivity contribution is -0.169. The number of nitrogens with zero attached hydrogens (tertiary/aromatic N) is 2. The number of rotatable bonds is 6. The fourth-order valence-electron chi connectivity index (χ4n) is 6.46. The van der Waals surface area contributed by atoms with Gasteiger partial charge in [0, 0.05) is 16.9 Å². The van der Waals surface area contributed by atoms with Crippen LogP contribution in [-0.4, -0.2) is 97.3 Å². The third-order valence-corrected chi connectivity index (χ3v) is 9.12. The molecule has 0 radical (unpaired) electrons. The number of aliphatic hydroxyl groups is 4. The summed E-state index contributed by atoms with van der Waals surface area (Å²) in [5, 5.41) is 61.7. The van der Waals surface area contributed by atoms with Gasteiger partial charge in [0.2, 0.25) is 5.78 Å². The van der Waals surface area contributed by atoms with Crippen molar-refractivity contribution in [3.05, 3.63) is 51.2 Å². The first kappa shape index (κ1) is 30.2. The Balaban J connectivity index is 1.65. The van der Waals surface area contributed by atoms with E-state index in [0.717, 1.165) is 11.3 Å². The van der Waals surface area contributed by atoms with Crippen LogP contribution in [0.5, 0.6) is 5.75 Å². The number of ketones is 2. The molecule has 1 amide bonds. The van der Waals surface area contributed by atoms with Gasteiger partial charge in [-0.25, -0.2) is 9.78 Å². The number of Topliss-reactive ketones (excluding diaryl/α,β-unsaturated/α-hetero) is 2. The average molecular weight is 615 g/mol. The number of nitrogens with two attached hydrogens (primary N) is 1. The van der Waals surface area contributed by atoms with E-state index in [9.17, 15) is 44.7 Å². The van der Waals surface area contributed by atoms with Crippen LogP contribution >= 0.6 is 11.3 Å². The van der Waals surface area contributed by atoms with E-state index in [1.54, 1.807) is 19.9 Å². The van der Waals surface area contributed by atoms with Gasteiger partial charge in [-0.05, 0) is 38.6 Å². The van der Waals surface area contributed by atoms with Crippen LogP contribution in [0.15, 0.2) is 34.4 Å². The van der Waals surface area contributed by atoms with Crippen LogP contribution < -0.4 is 11.1 Å². The maximum atomic E-state index is 14.1. The second-order valence-electron chi connectivity index (χ2n) is 10.9. The Bertz CT molecular complexity index is 1650. The number of benzene rings is 1. The van der Waals surface area contributed by atoms with E-state index in [4.69, 9.17) is 10.5 Å². The molecule has 3 aliphatic rings. The Labute approximate surface area is 248 Å². The van der Waals surface area contributed by atoms with E-state index in [0.29, 0.717) is 5.56 Å². The van der Waals surface area contributed by atoms with Crippen LogP contribution in [0.1, 0.15) is 41.4 Å². The number of aromatic nitrogens is 1. The molecule has 0 saturated heterocycles. The number of fused-ring (bicyclic) bond motifs is 3. The number of nitrogens with one attached hydrogen (secondary N) is 1. The summed E-state index contributed by atoms with van der Waals surface area (Å²) in [5.74, 6) is -10.4. The molecule has 0 unspecified atom stereocenters. The number of hydrogen-bond donors (Lipinski definition) is 7. The molecule has 228 valence electrons. The van der Waals surface area contributed by atoms with Crippen molar-refractivity contribution >= 4 is 51.4 Å². The number of hydrogen-bond acceptors (Lipinski definition) is 14. The van der Waals surface area contributed by atoms with Crippen molar-refractivity contribution in [1.82, 2.24) is 9.88 Å². The molecule has 1 aromatic heterocycles. The maximum Gasteiger partial charge on any atom is 0.357 e. The number of carbonyl (C=O) groups excluding carboxylic acids is 4. The number of anilines is 2. The quantitative estimate of drug-likeness (QED) is 0.136. The van der Waals surface area contributed by atoms with Crippen molar-refractivity contribution in [2.75, 3.05) is 26.0 Å². The largest absolute Gasteiger partial charge is 0.508 e. The molecule has 0 aliphatic heterocycles. The van der Waals surface area contributed by atoms with Crippen molar-refractivity contribution in [1.29, 1.82) is 0 Å². The molecule has 1 heterocycles. The van der Waals surface area contributed by atoms with Crippen LogP contribution in [0.25, 0.3) is 5.76 Å². The van der Waals surface area contributed by atoms with Gasteiger partial charge in [0.1, 0.15) is 22.8 Å². The molecule has 0 spiro atoms. The lowest BCUT2D eigenvalue weighted by Crippen LogP contribution is -2.70. The van der Waals surface area contributed by atoms with Crippen molar-refractivity contribution in [2.24, 2.45) is 17.6 Å². The van der Waals surface area contributed by atoms with E-state index in [-0.39, 0.29) is 28.7 Å². The molecule has 14 nitrogen and oxygen atoms in total. The Morgan fingerprint density at radius 1 is 1.21 bits per heavy atom. The van der Waals surface area contributed by atoms with E-state index in [1.807, 2.05) is 0 Å². The lowest BCUT2D eigenvalue weighted by Gasteiger charge is -2.53. The summed E-state index contributed by atoms with van der Waals surface area (Å²) in [5.41, 5.74) is 1.12. The molecule has 2 aromatic rings. The van der Waals surface area contributed by atoms with Gasteiger partial charge < -0.3 is 41.3 Å². The second-order valence-corrected chi connectivity index (χ2v) is 11.7. The third-order valence-electron chi connectivity index (χ3n) is 8.36. The monoisotopic (exact) mass is 614 g/mol. The molecule has 8 N–H and O–H groups in total. The Hall–Kier alpha value is -4.31. The van der Waals surface area contributed by atoms with Crippen LogP contribution in [0.4, 0.5) is 10.8 Å². The molecule has 1 fully saturated rings. The molecule has 0 bridgehead atoms. The molecule has 6 atom stereocenters. The number of carbonyl (C=O) groups is 4. The molecule has 1 saturated carbocycles. The van der Waals surface area contributed by atoms with Crippen molar-refractivity contribution in [3.8, 4) is 5.75 Å². The molecule has 43 heavy (non-hydrogen) atoms. The van der Waals surface area contributed by atoms with Gasteiger partial charge in [-0.15, -0.1) is 11.3 Å². The lowest BCUT2D eigenvalue weighted by atomic mass is 9.54. The SMILES string of the molecule is CCOC(=O)c1csc(Nc2ccc3c(c2O)C(O)=C2C(=O)[C@]4(O)C(O)=C(C(N)=O)C(=O)[C@@H](N(C)C)[C@@H]4[C@@H](O)[C@@H]2[C@H]3C)n1. The summed E-state index contributed by atoms with van der Waals surface area (Å²) in [7, 11) is 2.88. The summed E-state index contributed by atoms with van der Waals surface area (Å²) in [6.07, 6.45) is -1.69. The average Bonchev–Trinajstić information content (AvgIpc) is 3.40. The minimum Gasteiger partial charge on any atom is -0.508 e. The number of likely N-dealkylation sites (N-methyl/N-ethyl adjacent to an activating group) is 1. The third kappa shape index (κ3) is 4.22. The smallest absolute Gasteiger partial charge is 0.357 e. The van der Waals surface area contributed by atoms with Gasteiger partial charge >= 0.3 is 5.97 Å². The van der Waals surface area contributed by atoms with Gasteiger partial charge in [-0.2, -0.15) is 0 Å². The standard InChI is InChI=1S/C28H30N4O10S/c1-5-42-26(40)12-8-43-27(31-12)30-11-7-6-10-9(2)13-15(20(34)14(10)19(11)33)23(37)28(41)17(21(13)35)18(32(3)4)22(36)16(24(28)38)25(29)39/h6-9,13,17-18,21,33-35,38,41H,5H2,1-4H3,(H2,29,39)(H,30,31)/t9-,13+,17+,18-,21-,28-/m0/s1. The number of aliphatic hydroxyl groups excluding tert-OH is 3. The van der Waals surface area contributed by atoms with Crippen LogP contribution in [-0.2, 0) is 19.1 Å². The molecule has 3 aliphatic carbocycles. The topological polar surface area (TPSA) is 233 Å². The van der Waals surface area contributed by atoms with E-state index >= 15 is 0 Å². The zero-order valence-electron chi connectivity index (χ0n) is 23.5. The minimum atomic E-state index is -3.00. The zero-order valence-corrected chi connectivity index (χ0v) is 24.3. The number of aromatic hydroxyl groups is 1. The van der Waals surface area contributed by atoms with Gasteiger partial charge in [-0.3, -0.25) is 19.3 Å². The number of thiazole rings is 1. The van der Waals surface area contributed by atoms with Crippen LogP contribution in [0.3, 0.4) is 0 Å². The number of amides is 1. The van der Waals surface area contributed by atoms with Crippen LogP contribution in [0, 0.1) is 11.8 Å². The van der Waals surface area contributed by atoms with Crippen molar-refractivity contribution < 1.29 is 49.4 Å². The van der Waals surface area contributed by atoms with E-state index < -0.39 is 87.4 Å². The van der Waals surface area contributed by atoms with Gasteiger partial charge in [0.25, 0.3) is 5.91 Å². The number of esters is 1. The summed E-state index contributed by atoms with van der Waals surface area (Å²) in [6.45, 7) is 3.44. The first-order valence-electron chi connectivity index (χ1n) is 13.3. The van der Waals surface area contributed by atoms with Crippen molar-refractivity contribution in [2.45, 2.75) is 37.5 Å². The number of phenolic OH excluding ortho intramolecular Hbond substituents is 1. The highest BCUT2D eigenvalue weighted by molar-refractivity contribution is 7.14. The molecular formula is C28H30N4O10S. The first-order valence-corrected chi connectivity index (χ1v) is 14.1. The summed E-state index contributed by atoms with van der Waals surface area (Å²) >= 11 is 1.05. The molecule has 15 heteroatoms. The highest BCUT2D eigenvalue weighted by Gasteiger charge is 2.68. The molecule has 5 rings (SSSR count). The fraction of sp³-hybridized carbons (Fsp3) is 0.393. The predicted molar refractivity (Wildman–Crippen MR) is 152 cm³/mol. The number of primary amides is 1. The Morgan fingerprint density at radius 3 is 2.49 bits per heavy atom. The second kappa shape index (κ2) is 10.4. The Morgan fingerprint density at radius 2 is 1.88 bits per heavy atom. The van der Waals surface area contributed by atoms with E-state index in [2.05, 4.69) is 10.3 Å². The number of ether oxygens (including phenoxy) is 1. The molecular weight excluding hydrogens is 584 g/mol. The van der Waals surface area contributed by atoms with E-state index in [1.165, 1.54) is 30.4 Å². The van der Waals surface area contributed by atoms with Gasteiger partial charge in [0.15, 0.2) is 22.2 Å². The zero-order chi connectivity index (χ0) is 31.7. The van der Waals surface area contributed by atoms with Gasteiger partial charge in [-0.1, -0.05) is 13.0 Å². The highest BCUT2D eigenvalue weighted by atomic mass is 32.1. The number of phenols is 1. The minimum absolute atomic E-state index is 0.0444. The molecule has 1 aromatic carbocycles. The summed E-state index contributed by atoms with van der Waals surface area (Å²) < 4.78 is 4.93. The first-order chi connectivity index (χ1) is 20.2. The maximum absolute atomic E-state index is 14.1. The fourth-order valence-corrected chi connectivity index (χ4v) is 7.15. The van der Waals surface area contributed by atoms with Gasteiger partial charge in [0.05, 0.1) is 35.9 Å².